The molecule has 4 rings (SSSR count). The molecule has 1 aliphatic rings. The Morgan fingerprint density at radius 1 is 1.15 bits per heavy atom. The number of carboxylic acids is 1. The van der Waals surface area contributed by atoms with Gasteiger partial charge in [0.15, 0.2) is 5.17 Å². The smallest absolute Gasteiger partial charge is 0.337 e. The molecule has 1 amide bonds. The average Bonchev–Trinajstić information content (AvgIpc) is 3.08. The zero-order valence-electron chi connectivity index (χ0n) is 18.0. The number of aromatic carboxylic acids is 1. The Bertz CT molecular complexity index is 1250. The van der Waals surface area contributed by atoms with Crippen molar-refractivity contribution in [2.24, 2.45) is 4.99 Å². The Hall–Kier alpha value is -3.98. The van der Waals surface area contributed by atoms with Crippen molar-refractivity contribution in [3.8, 4) is 0 Å². The molecule has 0 saturated carbocycles. The van der Waals surface area contributed by atoms with E-state index in [-0.39, 0.29) is 11.5 Å². The van der Waals surface area contributed by atoms with Crippen molar-refractivity contribution in [3.63, 3.8) is 0 Å². The molecule has 0 atom stereocenters. The topological polar surface area (TPSA) is 108 Å². The first-order chi connectivity index (χ1) is 15.9. The van der Waals surface area contributed by atoms with Gasteiger partial charge in [0.2, 0.25) is 0 Å². The first kappa shape index (κ1) is 22.2. The number of hydrogen-bond donors (Lipinski definition) is 2. The summed E-state index contributed by atoms with van der Waals surface area (Å²) < 4.78 is 0. The Morgan fingerprint density at radius 3 is 2.61 bits per heavy atom. The maximum absolute atomic E-state index is 12.7. The van der Waals surface area contributed by atoms with Gasteiger partial charge in [-0.05, 0) is 71.8 Å². The minimum Gasteiger partial charge on any atom is -0.478 e. The number of nitrogens with one attached hydrogen (secondary N) is 1. The quantitative estimate of drug-likeness (QED) is 0.514. The molecule has 1 saturated heterocycles. The van der Waals surface area contributed by atoms with Crippen LogP contribution in [0.2, 0.25) is 0 Å². The second-order valence-corrected chi connectivity index (χ2v) is 8.23. The van der Waals surface area contributed by atoms with Crippen LogP contribution in [0.4, 0.5) is 17.3 Å². The van der Waals surface area contributed by atoms with Gasteiger partial charge in [-0.15, -0.1) is 0 Å². The molecule has 1 aromatic carbocycles. The van der Waals surface area contributed by atoms with Crippen LogP contribution in [0.3, 0.4) is 0 Å². The van der Waals surface area contributed by atoms with Gasteiger partial charge in [-0.2, -0.15) is 0 Å². The molecule has 2 aromatic heterocycles. The van der Waals surface area contributed by atoms with Gasteiger partial charge in [-0.1, -0.05) is 19.1 Å². The van der Waals surface area contributed by atoms with Crippen LogP contribution in [-0.4, -0.2) is 44.1 Å². The van der Waals surface area contributed by atoms with Crippen molar-refractivity contribution in [2.75, 3.05) is 12.4 Å². The second kappa shape index (κ2) is 9.66. The molecular formula is C24H21N5O3S. The van der Waals surface area contributed by atoms with Gasteiger partial charge in [0.25, 0.3) is 5.91 Å². The number of aromatic nitrogens is 2. The number of carboxylic acid groups (broad SMARTS) is 1. The van der Waals surface area contributed by atoms with Gasteiger partial charge in [-0.25, -0.2) is 19.8 Å². The van der Waals surface area contributed by atoms with Gasteiger partial charge in [0.05, 0.1) is 16.2 Å². The van der Waals surface area contributed by atoms with Crippen molar-refractivity contribution >= 4 is 52.2 Å². The summed E-state index contributed by atoms with van der Waals surface area (Å²) in [5.41, 5.74) is 2.92. The largest absolute Gasteiger partial charge is 0.478 e. The molecule has 8 nitrogen and oxygen atoms in total. The number of thioether (sulfide) groups is 1. The number of amides is 1. The normalized spacial score (nSPS) is 15.9. The summed E-state index contributed by atoms with van der Waals surface area (Å²) >= 11 is 1.32. The molecule has 0 unspecified atom stereocenters. The number of aliphatic imine (C=N–C) groups is 1. The van der Waals surface area contributed by atoms with Crippen molar-refractivity contribution in [3.05, 3.63) is 82.5 Å². The molecule has 33 heavy (non-hydrogen) atoms. The summed E-state index contributed by atoms with van der Waals surface area (Å²) in [5, 5.41) is 12.6. The van der Waals surface area contributed by atoms with Crippen molar-refractivity contribution in [1.29, 1.82) is 0 Å². The minimum atomic E-state index is -1.04. The molecule has 1 fully saturated rings. The van der Waals surface area contributed by atoms with Crippen molar-refractivity contribution in [1.82, 2.24) is 14.9 Å². The number of likely N-dealkylation sites (N-methyl/N-ethyl adjacent to an activating group) is 1. The van der Waals surface area contributed by atoms with Crippen LogP contribution in [0, 0.1) is 0 Å². The number of amidine groups is 1. The molecule has 3 aromatic rings. The first-order valence-corrected chi connectivity index (χ1v) is 11.0. The van der Waals surface area contributed by atoms with Gasteiger partial charge in [0, 0.05) is 19.4 Å². The third kappa shape index (κ3) is 5.27. The van der Waals surface area contributed by atoms with E-state index in [0.29, 0.717) is 21.7 Å². The highest BCUT2D eigenvalue weighted by Gasteiger charge is 2.30. The zero-order valence-corrected chi connectivity index (χ0v) is 18.8. The Morgan fingerprint density at radius 2 is 1.94 bits per heavy atom. The monoisotopic (exact) mass is 459 g/mol. The highest BCUT2D eigenvalue weighted by Crippen LogP contribution is 2.33. The minimum absolute atomic E-state index is 0.103. The molecular weight excluding hydrogens is 438 g/mol. The van der Waals surface area contributed by atoms with Gasteiger partial charge >= 0.3 is 5.97 Å². The predicted molar refractivity (Wildman–Crippen MR) is 130 cm³/mol. The maximum Gasteiger partial charge on any atom is 0.337 e. The van der Waals surface area contributed by atoms with E-state index in [4.69, 9.17) is 5.11 Å². The highest BCUT2D eigenvalue weighted by atomic mass is 32.2. The van der Waals surface area contributed by atoms with E-state index in [1.54, 1.807) is 42.4 Å². The SMILES string of the molecule is CCc1ccc(N=C2S/C(=C\c3ccnc(Nc4ccc(C(=O)O)cn4)c3)C(=O)N2C)cc1. The van der Waals surface area contributed by atoms with Crippen LogP contribution in [0.5, 0.6) is 0 Å². The fourth-order valence-electron chi connectivity index (χ4n) is 3.05. The lowest BCUT2D eigenvalue weighted by Crippen LogP contribution is -2.23. The molecule has 1 aliphatic heterocycles. The number of rotatable bonds is 6. The van der Waals surface area contributed by atoms with Gasteiger partial charge in [0.1, 0.15) is 11.6 Å². The third-order valence-electron chi connectivity index (χ3n) is 4.92. The molecule has 166 valence electrons. The molecule has 0 radical (unpaired) electrons. The first-order valence-electron chi connectivity index (χ1n) is 10.2. The van der Waals surface area contributed by atoms with Gasteiger partial charge < -0.3 is 10.4 Å². The van der Waals surface area contributed by atoms with E-state index in [1.807, 2.05) is 24.3 Å². The van der Waals surface area contributed by atoms with Crippen LogP contribution in [-0.2, 0) is 11.2 Å². The summed E-state index contributed by atoms with van der Waals surface area (Å²) in [7, 11) is 1.71. The molecule has 2 N–H and O–H groups in total. The third-order valence-corrected chi connectivity index (χ3v) is 5.98. The van der Waals surface area contributed by atoms with E-state index in [1.165, 1.54) is 29.6 Å². The fraction of sp³-hybridized carbons (Fsp3) is 0.125. The fourth-order valence-corrected chi connectivity index (χ4v) is 4.04. The van der Waals surface area contributed by atoms with Crippen LogP contribution in [0.1, 0.15) is 28.4 Å². The Balaban J connectivity index is 1.51. The number of benzene rings is 1. The summed E-state index contributed by atoms with van der Waals surface area (Å²) in [5.74, 6) is -0.174. The van der Waals surface area contributed by atoms with Crippen LogP contribution in [0.15, 0.2) is 70.8 Å². The van der Waals surface area contributed by atoms with E-state index >= 15 is 0 Å². The average molecular weight is 460 g/mol. The number of hydrogen-bond acceptors (Lipinski definition) is 7. The standard InChI is InChI=1S/C24H21N5O3S/c1-3-15-4-7-18(8-5-15)27-24-29(2)22(30)19(33-24)12-16-10-11-25-21(13-16)28-20-9-6-17(14-26-20)23(31)32/h4-14H,3H2,1-2H3,(H,31,32)(H,25,26,28)/b19-12-,27-24?. The molecule has 0 bridgehead atoms. The number of pyridine rings is 2. The van der Waals surface area contributed by atoms with Crippen molar-refractivity contribution in [2.45, 2.75) is 13.3 Å². The van der Waals surface area contributed by atoms with Crippen LogP contribution >= 0.6 is 11.8 Å². The van der Waals surface area contributed by atoms with E-state index in [2.05, 4.69) is 27.2 Å². The number of aryl methyl sites for hydroxylation is 1. The molecule has 3 heterocycles. The van der Waals surface area contributed by atoms with E-state index in [9.17, 15) is 9.59 Å². The number of carbonyl (C=O) groups excluding carboxylic acids is 1. The predicted octanol–water partition coefficient (Wildman–Crippen LogP) is 4.71. The zero-order chi connectivity index (χ0) is 23.4. The van der Waals surface area contributed by atoms with Gasteiger partial charge in [-0.3, -0.25) is 9.69 Å². The lowest BCUT2D eigenvalue weighted by Gasteiger charge is -2.07. The molecule has 0 spiro atoms. The molecule has 0 aliphatic carbocycles. The van der Waals surface area contributed by atoms with Crippen molar-refractivity contribution < 1.29 is 14.7 Å². The second-order valence-electron chi connectivity index (χ2n) is 7.23. The Labute approximate surface area is 195 Å². The number of carbonyl (C=O) groups is 2. The lowest BCUT2D eigenvalue weighted by molar-refractivity contribution is -0.121. The molecule has 9 heteroatoms. The number of anilines is 2. The summed E-state index contributed by atoms with van der Waals surface area (Å²) in [6.07, 6.45) is 5.65. The summed E-state index contributed by atoms with van der Waals surface area (Å²) in [4.78, 5) is 38.8. The van der Waals surface area contributed by atoms with Crippen LogP contribution < -0.4 is 5.32 Å². The summed E-state index contributed by atoms with van der Waals surface area (Å²) in [6, 6.07) is 14.6. The summed E-state index contributed by atoms with van der Waals surface area (Å²) in [6.45, 7) is 2.10. The van der Waals surface area contributed by atoms with Crippen LogP contribution in [0.25, 0.3) is 6.08 Å². The van der Waals surface area contributed by atoms with E-state index < -0.39 is 5.97 Å². The highest BCUT2D eigenvalue weighted by molar-refractivity contribution is 8.18. The number of nitrogens with zero attached hydrogens (tertiary/aromatic N) is 4. The Kier molecular flexibility index (Phi) is 6.50. The van der Waals surface area contributed by atoms with E-state index in [0.717, 1.165) is 17.7 Å². The lowest BCUT2D eigenvalue weighted by atomic mass is 10.2. The maximum atomic E-state index is 12.7.